The lowest BCUT2D eigenvalue weighted by Gasteiger charge is -2.32. The molecule has 0 spiro atoms. The van der Waals surface area contributed by atoms with E-state index >= 15 is 0 Å². The van der Waals surface area contributed by atoms with Gasteiger partial charge in [0.15, 0.2) is 11.5 Å². The molecule has 2 aromatic rings. The molecular formula is C25H36N2O8S. The average molecular weight is 525 g/mol. The van der Waals surface area contributed by atoms with E-state index in [2.05, 4.69) is 6.92 Å². The number of nitrogens with one attached hydrogen (secondary N) is 1. The van der Waals surface area contributed by atoms with Gasteiger partial charge in [0.2, 0.25) is 10.0 Å². The largest absolute Gasteiger partial charge is 0.493 e. The highest BCUT2D eigenvalue weighted by Gasteiger charge is 2.35. The van der Waals surface area contributed by atoms with Gasteiger partial charge in [-0.15, -0.1) is 0 Å². The Bertz CT molecular complexity index is 1170. The number of piperidine rings is 1. The van der Waals surface area contributed by atoms with Crippen LogP contribution < -0.4 is 24.4 Å². The number of sulfonamides is 1. The Kier molecular flexibility index (Phi) is 9.41. The molecule has 1 saturated heterocycles. The van der Waals surface area contributed by atoms with Gasteiger partial charge in [0.25, 0.3) is 5.91 Å². The Morgan fingerprint density at radius 3 is 2.42 bits per heavy atom. The van der Waals surface area contributed by atoms with E-state index in [1.165, 1.54) is 36.1 Å². The van der Waals surface area contributed by atoms with E-state index < -0.39 is 15.9 Å². The number of hydroxylamine groups is 1. The zero-order chi connectivity index (χ0) is 26.3. The molecule has 2 N–H and O–H groups in total. The first-order valence-electron chi connectivity index (χ1n) is 11.9. The normalized spacial score (nSPS) is 14.8. The topological polar surface area (TPSA) is 124 Å². The van der Waals surface area contributed by atoms with Crippen molar-refractivity contribution in [3.8, 4) is 23.0 Å². The molecule has 0 atom stereocenters. The van der Waals surface area contributed by atoms with Crippen molar-refractivity contribution in [2.45, 2.75) is 50.5 Å². The Balaban J connectivity index is 0.00000481. The fourth-order valence-corrected chi connectivity index (χ4v) is 5.75. The van der Waals surface area contributed by atoms with Crippen LogP contribution in [-0.2, 0) is 10.0 Å². The van der Waals surface area contributed by atoms with Crippen LogP contribution >= 0.6 is 0 Å². The first-order valence-corrected chi connectivity index (χ1v) is 13.3. The van der Waals surface area contributed by atoms with E-state index in [-0.39, 0.29) is 42.6 Å². The van der Waals surface area contributed by atoms with Crippen LogP contribution in [0.4, 0.5) is 0 Å². The number of benzene rings is 2. The maximum atomic E-state index is 13.5. The summed E-state index contributed by atoms with van der Waals surface area (Å²) in [5, 5.41) is 9.21. The fraction of sp³-hybridized carbons (Fsp3) is 0.480. The number of hydrogen-bond donors (Lipinski definition) is 2. The zero-order valence-corrected chi connectivity index (χ0v) is 21.9. The second-order valence-electron chi connectivity index (χ2n) is 8.47. The van der Waals surface area contributed by atoms with Crippen molar-refractivity contribution in [3.05, 3.63) is 41.5 Å². The van der Waals surface area contributed by atoms with Crippen LogP contribution in [0.5, 0.6) is 23.0 Å². The molecule has 0 saturated carbocycles. The molecule has 1 aliphatic heterocycles. The standard InChI is InChI=1S/C25H34N2O8S.H2/c1-5-6-15-34-20-8-7-19(16-17(20)2)35-18-11-13-27(14-12-18)36(30,31)22-10-9-21(32-3)24(33-4)23(22)25(28)26-29;/h7-10,16,18,29H,5-6,11-15H2,1-4H3,(H,26,28);1H. The van der Waals surface area contributed by atoms with Gasteiger partial charge in [0.1, 0.15) is 23.2 Å². The SMILES string of the molecule is CCCCOc1ccc(OC2CCN(S(=O)(=O)c3ccc(OC)c(OC)c3C(=O)NO)CC2)cc1C.[HH]. The molecule has 200 valence electrons. The summed E-state index contributed by atoms with van der Waals surface area (Å²) in [5.41, 5.74) is 2.15. The van der Waals surface area contributed by atoms with Crippen molar-refractivity contribution >= 4 is 15.9 Å². The molecule has 3 rings (SSSR count). The number of methoxy groups -OCH3 is 2. The summed E-state index contributed by atoms with van der Waals surface area (Å²) >= 11 is 0. The number of hydrogen-bond acceptors (Lipinski definition) is 8. The van der Waals surface area contributed by atoms with Crippen molar-refractivity contribution in [1.82, 2.24) is 9.79 Å². The summed E-state index contributed by atoms with van der Waals surface area (Å²) < 4.78 is 50.6. The lowest BCUT2D eigenvalue weighted by Crippen LogP contribution is -2.42. The maximum absolute atomic E-state index is 13.5. The molecule has 0 aromatic heterocycles. The number of carbonyl (C=O) groups is 1. The first-order chi connectivity index (χ1) is 17.3. The third-order valence-corrected chi connectivity index (χ3v) is 8.00. The summed E-state index contributed by atoms with van der Waals surface area (Å²) in [5.74, 6) is 0.605. The van der Waals surface area contributed by atoms with Crippen LogP contribution in [0, 0.1) is 6.92 Å². The number of rotatable bonds is 11. The van der Waals surface area contributed by atoms with E-state index in [1.54, 1.807) is 0 Å². The molecule has 1 amide bonds. The second kappa shape index (κ2) is 12.3. The molecule has 0 aliphatic carbocycles. The molecule has 36 heavy (non-hydrogen) atoms. The predicted octanol–water partition coefficient (Wildman–Crippen LogP) is 3.79. The number of carbonyl (C=O) groups excluding carboxylic acids is 1. The summed E-state index contributed by atoms with van der Waals surface area (Å²) in [6, 6.07) is 8.36. The molecule has 1 heterocycles. The molecule has 0 radical (unpaired) electrons. The number of amides is 1. The third-order valence-electron chi connectivity index (χ3n) is 6.06. The number of aryl methyl sites for hydroxylation is 1. The highest BCUT2D eigenvalue weighted by atomic mass is 32.2. The Labute approximate surface area is 213 Å². The van der Waals surface area contributed by atoms with Crippen molar-refractivity contribution in [3.63, 3.8) is 0 Å². The van der Waals surface area contributed by atoms with Crippen molar-refractivity contribution in [1.29, 1.82) is 0 Å². The quantitative estimate of drug-likeness (QED) is 0.259. The van der Waals surface area contributed by atoms with E-state index in [0.29, 0.717) is 25.2 Å². The van der Waals surface area contributed by atoms with Crippen LogP contribution in [0.3, 0.4) is 0 Å². The Morgan fingerprint density at radius 1 is 1.14 bits per heavy atom. The first kappa shape index (κ1) is 27.6. The zero-order valence-electron chi connectivity index (χ0n) is 21.1. The lowest BCUT2D eigenvalue weighted by atomic mass is 10.1. The summed E-state index contributed by atoms with van der Waals surface area (Å²) in [7, 11) is -1.42. The second-order valence-corrected chi connectivity index (χ2v) is 10.4. The molecule has 10 nitrogen and oxygen atoms in total. The molecule has 0 unspecified atom stereocenters. The van der Waals surface area contributed by atoms with E-state index in [1.807, 2.05) is 25.1 Å². The predicted molar refractivity (Wildman–Crippen MR) is 135 cm³/mol. The van der Waals surface area contributed by atoms with Gasteiger partial charge in [-0.25, -0.2) is 13.9 Å². The molecule has 11 heteroatoms. The summed E-state index contributed by atoms with van der Waals surface area (Å²) in [4.78, 5) is 12.1. The summed E-state index contributed by atoms with van der Waals surface area (Å²) in [6.45, 7) is 5.17. The van der Waals surface area contributed by atoms with Gasteiger partial charge >= 0.3 is 0 Å². The minimum atomic E-state index is -4.07. The monoisotopic (exact) mass is 524 g/mol. The van der Waals surface area contributed by atoms with E-state index in [4.69, 9.17) is 18.9 Å². The fourth-order valence-electron chi connectivity index (χ4n) is 4.10. The minimum absolute atomic E-state index is 0. The van der Waals surface area contributed by atoms with Gasteiger partial charge in [-0.2, -0.15) is 4.31 Å². The van der Waals surface area contributed by atoms with Gasteiger partial charge in [-0.05, 0) is 62.1 Å². The molecular weight excluding hydrogens is 488 g/mol. The summed E-state index contributed by atoms with van der Waals surface area (Å²) in [6.07, 6.45) is 2.85. The van der Waals surface area contributed by atoms with Crippen LogP contribution in [-0.4, -0.2) is 63.9 Å². The molecule has 1 fully saturated rings. The smallest absolute Gasteiger partial charge is 0.279 e. The van der Waals surface area contributed by atoms with Crippen LogP contribution in [0.1, 0.15) is 50.0 Å². The maximum Gasteiger partial charge on any atom is 0.279 e. The van der Waals surface area contributed by atoms with Crippen molar-refractivity contribution in [2.24, 2.45) is 0 Å². The number of unbranched alkanes of at least 4 members (excludes halogenated alkanes) is 1. The van der Waals surface area contributed by atoms with Crippen LogP contribution in [0.2, 0.25) is 0 Å². The number of nitrogens with zero attached hydrogens (tertiary/aromatic N) is 1. The molecule has 2 aromatic carbocycles. The van der Waals surface area contributed by atoms with Crippen LogP contribution in [0.25, 0.3) is 0 Å². The average Bonchev–Trinajstić information content (AvgIpc) is 2.88. The molecule has 0 bridgehead atoms. The highest BCUT2D eigenvalue weighted by molar-refractivity contribution is 7.89. The Hall–Kier alpha value is -3.02. The third kappa shape index (κ3) is 6.03. The number of ether oxygens (including phenoxy) is 4. The van der Waals surface area contributed by atoms with E-state index in [9.17, 15) is 18.4 Å². The Morgan fingerprint density at radius 2 is 1.83 bits per heavy atom. The van der Waals surface area contributed by atoms with Crippen molar-refractivity contribution in [2.75, 3.05) is 33.9 Å². The van der Waals surface area contributed by atoms with Crippen LogP contribution in [0.15, 0.2) is 35.2 Å². The van der Waals surface area contributed by atoms with Gasteiger partial charge in [0.05, 0.1) is 25.7 Å². The van der Waals surface area contributed by atoms with Gasteiger partial charge < -0.3 is 18.9 Å². The van der Waals surface area contributed by atoms with Gasteiger partial charge in [0, 0.05) is 14.5 Å². The van der Waals surface area contributed by atoms with Gasteiger partial charge in [-0.1, -0.05) is 13.3 Å². The molecule has 1 aliphatic rings. The van der Waals surface area contributed by atoms with E-state index in [0.717, 1.165) is 24.2 Å². The van der Waals surface area contributed by atoms with Crippen molar-refractivity contribution < 1.29 is 38.8 Å². The minimum Gasteiger partial charge on any atom is -0.493 e. The highest BCUT2D eigenvalue weighted by Crippen LogP contribution is 2.37. The lowest BCUT2D eigenvalue weighted by molar-refractivity contribution is 0.0698. The van der Waals surface area contributed by atoms with Gasteiger partial charge in [-0.3, -0.25) is 10.0 Å².